The van der Waals surface area contributed by atoms with Crippen molar-refractivity contribution in [2.75, 3.05) is 0 Å². The van der Waals surface area contributed by atoms with Crippen molar-refractivity contribution in [3.8, 4) is 5.75 Å². The second-order valence-corrected chi connectivity index (χ2v) is 4.11. The molecule has 2 rings (SSSR count). The maximum atomic E-state index is 9.54. The van der Waals surface area contributed by atoms with Crippen LogP contribution in [0.2, 0.25) is 5.02 Å². The summed E-state index contributed by atoms with van der Waals surface area (Å²) < 4.78 is 0. The number of hydrogen-bond donors (Lipinski definition) is 1. The molecule has 0 aromatic heterocycles. The van der Waals surface area contributed by atoms with Gasteiger partial charge in [-0.1, -0.05) is 29.3 Å². The third kappa shape index (κ3) is 3.04. The Morgan fingerprint density at radius 3 is 2.41 bits per heavy atom. The van der Waals surface area contributed by atoms with E-state index in [0.717, 1.165) is 11.3 Å². The lowest BCUT2D eigenvalue weighted by Crippen LogP contribution is -1.70. The third-order valence-corrected chi connectivity index (χ3v) is 2.48. The Balaban J connectivity index is 2.25. The Kier molecular flexibility index (Phi) is 3.40. The van der Waals surface area contributed by atoms with Crippen LogP contribution in [0.15, 0.2) is 52.7 Å². The van der Waals surface area contributed by atoms with E-state index in [9.17, 15) is 5.11 Å². The first-order valence-corrected chi connectivity index (χ1v) is 5.50. The molecular weight excluding hydrogens is 236 g/mol. The van der Waals surface area contributed by atoms with Crippen LogP contribution < -0.4 is 0 Å². The predicted octanol–water partition coefficient (Wildman–Crippen LogP) is 4.77. The molecule has 0 unspecified atom stereocenters. The van der Waals surface area contributed by atoms with Crippen LogP contribution in [0.1, 0.15) is 5.56 Å². The quantitative estimate of drug-likeness (QED) is 0.762. The van der Waals surface area contributed by atoms with Crippen molar-refractivity contribution >= 4 is 23.0 Å². The summed E-state index contributed by atoms with van der Waals surface area (Å²) in [6.07, 6.45) is 0. The molecule has 2 aromatic rings. The predicted molar refractivity (Wildman–Crippen MR) is 68.5 cm³/mol. The summed E-state index contributed by atoms with van der Waals surface area (Å²) in [5.41, 5.74) is 2.25. The van der Waals surface area contributed by atoms with E-state index in [0.29, 0.717) is 10.7 Å². The lowest BCUT2D eigenvalue weighted by molar-refractivity contribution is 0.476. The number of phenols is 1. The van der Waals surface area contributed by atoms with E-state index >= 15 is 0 Å². The van der Waals surface area contributed by atoms with E-state index in [4.69, 9.17) is 11.6 Å². The number of halogens is 1. The SMILES string of the molecule is Cc1ccc(N=Nc2cc(Cl)ccc2O)cc1. The van der Waals surface area contributed by atoms with Crippen LogP contribution in [-0.2, 0) is 0 Å². The highest BCUT2D eigenvalue weighted by Crippen LogP contribution is 2.30. The molecule has 86 valence electrons. The first-order valence-electron chi connectivity index (χ1n) is 5.12. The van der Waals surface area contributed by atoms with Crippen LogP contribution in [-0.4, -0.2) is 5.11 Å². The van der Waals surface area contributed by atoms with E-state index in [1.54, 1.807) is 12.1 Å². The molecule has 17 heavy (non-hydrogen) atoms. The highest BCUT2D eigenvalue weighted by atomic mass is 35.5. The van der Waals surface area contributed by atoms with Crippen LogP contribution in [0.4, 0.5) is 11.4 Å². The van der Waals surface area contributed by atoms with E-state index in [2.05, 4.69) is 10.2 Å². The molecule has 2 aromatic carbocycles. The van der Waals surface area contributed by atoms with Crippen molar-refractivity contribution < 1.29 is 5.11 Å². The van der Waals surface area contributed by atoms with Crippen LogP contribution in [0, 0.1) is 6.92 Å². The summed E-state index contributed by atoms with van der Waals surface area (Å²) in [6, 6.07) is 12.3. The minimum Gasteiger partial charge on any atom is -0.506 e. The zero-order chi connectivity index (χ0) is 12.3. The van der Waals surface area contributed by atoms with Gasteiger partial charge in [0, 0.05) is 5.02 Å². The topological polar surface area (TPSA) is 45.0 Å². The summed E-state index contributed by atoms with van der Waals surface area (Å²) >= 11 is 5.81. The molecule has 0 radical (unpaired) electrons. The van der Waals surface area contributed by atoms with Crippen molar-refractivity contribution in [3.05, 3.63) is 53.1 Å². The number of phenolic OH excluding ortho intramolecular Hbond substituents is 1. The fourth-order valence-electron chi connectivity index (χ4n) is 1.30. The van der Waals surface area contributed by atoms with Gasteiger partial charge in [-0.05, 0) is 37.3 Å². The highest BCUT2D eigenvalue weighted by Gasteiger charge is 2.00. The van der Waals surface area contributed by atoms with Crippen molar-refractivity contribution in [1.82, 2.24) is 0 Å². The number of aromatic hydroxyl groups is 1. The molecule has 0 atom stereocenters. The summed E-state index contributed by atoms with van der Waals surface area (Å²) in [4.78, 5) is 0. The number of benzene rings is 2. The zero-order valence-electron chi connectivity index (χ0n) is 9.26. The molecular formula is C13H11ClN2O. The molecule has 1 N–H and O–H groups in total. The van der Waals surface area contributed by atoms with Gasteiger partial charge in [-0.3, -0.25) is 0 Å². The van der Waals surface area contributed by atoms with Crippen molar-refractivity contribution in [2.24, 2.45) is 10.2 Å². The molecule has 4 heteroatoms. The second-order valence-electron chi connectivity index (χ2n) is 3.67. The molecule has 0 heterocycles. The standard InChI is InChI=1S/C13H11ClN2O/c1-9-2-5-11(6-3-9)15-16-12-8-10(14)4-7-13(12)17/h2-8,17H,1H3. The summed E-state index contributed by atoms with van der Waals surface area (Å²) in [7, 11) is 0. The summed E-state index contributed by atoms with van der Waals surface area (Å²) in [6.45, 7) is 2.00. The Morgan fingerprint density at radius 1 is 1.00 bits per heavy atom. The first-order chi connectivity index (χ1) is 8.15. The van der Waals surface area contributed by atoms with Gasteiger partial charge in [0.05, 0.1) is 5.69 Å². The van der Waals surface area contributed by atoms with E-state index in [-0.39, 0.29) is 5.75 Å². The van der Waals surface area contributed by atoms with Crippen LogP contribution in [0.25, 0.3) is 0 Å². The molecule has 0 aliphatic carbocycles. The number of nitrogens with zero attached hydrogens (tertiary/aromatic N) is 2. The zero-order valence-corrected chi connectivity index (χ0v) is 10.0. The van der Waals surface area contributed by atoms with Gasteiger partial charge >= 0.3 is 0 Å². The van der Waals surface area contributed by atoms with E-state index < -0.39 is 0 Å². The number of aryl methyl sites for hydroxylation is 1. The van der Waals surface area contributed by atoms with Crippen molar-refractivity contribution in [2.45, 2.75) is 6.92 Å². The van der Waals surface area contributed by atoms with Gasteiger partial charge < -0.3 is 5.11 Å². The number of azo groups is 1. The molecule has 0 bridgehead atoms. The van der Waals surface area contributed by atoms with Gasteiger partial charge in [-0.25, -0.2) is 0 Å². The average Bonchev–Trinajstić information content (AvgIpc) is 2.32. The number of hydrogen-bond acceptors (Lipinski definition) is 3. The van der Waals surface area contributed by atoms with Gasteiger partial charge in [0.25, 0.3) is 0 Å². The lowest BCUT2D eigenvalue weighted by Gasteiger charge is -1.98. The summed E-state index contributed by atoms with van der Waals surface area (Å²) in [5.74, 6) is 0.0604. The molecule has 0 amide bonds. The summed E-state index contributed by atoms with van der Waals surface area (Å²) in [5, 5.41) is 18.0. The Labute approximate surface area is 104 Å². The second kappa shape index (κ2) is 4.97. The van der Waals surface area contributed by atoms with Gasteiger partial charge in [-0.15, -0.1) is 5.11 Å². The van der Waals surface area contributed by atoms with E-state index in [1.807, 2.05) is 31.2 Å². The Morgan fingerprint density at radius 2 is 1.71 bits per heavy atom. The normalized spacial score (nSPS) is 10.9. The van der Waals surface area contributed by atoms with Crippen LogP contribution >= 0.6 is 11.6 Å². The van der Waals surface area contributed by atoms with Gasteiger partial charge in [0.2, 0.25) is 0 Å². The lowest BCUT2D eigenvalue weighted by atomic mass is 10.2. The smallest absolute Gasteiger partial charge is 0.143 e. The van der Waals surface area contributed by atoms with Crippen LogP contribution in [0.3, 0.4) is 0 Å². The molecule has 0 saturated heterocycles. The maximum Gasteiger partial charge on any atom is 0.143 e. The Bertz CT molecular complexity index is 550. The largest absolute Gasteiger partial charge is 0.506 e. The minimum atomic E-state index is 0.0604. The fourth-order valence-corrected chi connectivity index (χ4v) is 1.47. The molecule has 0 saturated carbocycles. The van der Waals surface area contributed by atoms with Crippen LogP contribution in [0.5, 0.6) is 5.75 Å². The van der Waals surface area contributed by atoms with Crippen molar-refractivity contribution in [1.29, 1.82) is 0 Å². The van der Waals surface area contributed by atoms with Gasteiger partial charge in [-0.2, -0.15) is 5.11 Å². The molecule has 0 aliphatic heterocycles. The monoisotopic (exact) mass is 246 g/mol. The molecule has 0 aliphatic rings. The first kappa shape index (κ1) is 11.6. The fraction of sp³-hybridized carbons (Fsp3) is 0.0769. The highest BCUT2D eigenvalue weighted by molar-refractivity contribution is 6.30. The molecule has 0 spiro atoms. The van der Waals surface area contributed by atoms with Crippen molar-refractivity contribution in [3.63, 3.8) is 0 Å². The molecule has 0 fully saturated rings. The third-order valence-electron chi connectivity index (χ3n) is 2.24. The van der Waals surface area contributed by atoms with E-state index in [1.165, 1.54) is 6.07 Å². The minimum absolute atomic E-state index is 0.0604. The van der Waals surface area contributed by atoms with Gasteiger partial charge in [0.15, 0.2) is 0 Å². The molecule has 3 nitrogen and oxygen atoms in total. The number of rotatable bonds is 2. The maximum absolute atomic E-state index is 9.54. The average molecular weight is 247 g/mol. The Hall–Kier alpha value is -1.87. The van der Waals surface area contributed by atoms with Gasteiger partial charge in [0.1, 0.15) is 11.4 Å².